The quantitative estimate of drug-likeness (QED) is 0.0243. The van der Waals surface area contributed by atoms with Gasteiger partial charge < -0.3 is 19.8 Å². The van der Waals surface area contributed by atoms with Gasteiger partial charge in [0.15, 0.2) is 0 Å². The number of aliphatic hydroxyl groups excluding tert-OH is 1. The molecule has 0 spiro atoms. The smallest absolute Gasteiger partial charge is 0.387 e. The zero-order chi connectivity index (χ0) is 60.5. The summed E-state index contributed by atoms with van der Waals surface area (Å²) in [6, 6.07) is -0.854. The molecule has 0 radical (unpaired) electrons. The second-order valence-corrected chi connectivity index (χ2v) is 26.7. The molecule has 3 atom stereocenters. The lowest BCUT2D eigenvalue weighted by Gasteiger charge is -2.25. The molecule has 8 nitrogen and oxygen atoms in total. The highest BCUT2D eigenvalue weighted by Crippen LogP contribution is 2.43. The number of likely N-dealkylation sites (N-methyl/N-ethyl adjacent to an activating group) is 1. The number of phosphoric ester groups is 1. The highest BCUT2D eigenvalue weighted by atomic mass is 31.2. The molecule has 0 bridgehead atoms. The van der Waals surface area contributed by atoms with Gasteiger partial charge in [0.05, 0.1) is 39.9 Å². The molecule has 0 aliphatic heterocycles. The first-order valence-corrected chi connectivity index (χ1v) is 37.0. The van der Waals surface area contributed by atoms with Gasteiger partial charge in [0.25, 0.3) is 0 Å². The molecule has 0 aliphatic rings. The zero-order valence-electron chi connectivity index (χ0n) is 55.4. The van der Waals surface area contributed by atoms with E-state index in [1.807, 2.05) is 27.2 Å². The third kappa shape index (κ3) is 67.1. The Hall–Kier alpha value is -2.32. The van der Waals surface area contributed by atoms with Crippen LogP contribution >= 0.6 is 7.82 Å². The van der Waals surface area contributed by atoms with E-state index in [0.29, 0.717) is 17.4 Å². The van der Waals surface area contributed by atoms with Crippen molar-refractivity contribution in [2.45, 2.75) is 341 Å². The monoisotopic (exact) mass is 1180 g/mol. The normalized spacial score (nSPS) is 14.2. The minimum atomic E-state index is -4.36. The SMILES string of the molecule is CC/C=C\C/C=C\C/C=C\C/C=C\C/C=C\C/C=C\CCCCCCCCCCCCCCC(=O)NC(COP(=O)(O)OCC[N+](C)(C)C)C(O)/C=C/CCCCCCCCCCCCCCCCCCCCCCCCCCCCCC. The lowest BCUT2D eigenvalue weighted by atomic mass is 10.0. The minimum absolute atomic E-state index is 0.0588. The first-order valence-electron chi connectivity index (χ1n) is 35.5. The van der Waals surface area contributed by atoms with Crippen LogP contribution in [-0.2, 0) is 18.4 Å². The molecule has 0 saturated heterocycles. The molecule has 83 heavy (non-hydrogen) atoms. The van der Waals surface area contributed by atoms with Crippen molar-refractivity contribution in [3.8, 4) is 0 Å². The second kappa shape index (κ2) is 64.2. The number of allylic oxidation sites excluding steroid dienone is 13. The zero-order valence-corrected chi connectivity index (χ0v) is 56.3. The number of nitrogens with zero attached hydrogens (tertiary/aromatic N) is 1. The van der Waals surface area contributed by atoms with Crippen molar-refractivity contribution in [1.82, 2.24) is 5.32 Å². The van der Waals surface area contributed by atoms with Crippen LogP contribution in [0.15, 0.2) is 85.1 Å². The second-order valence-electron chi connectivity index (χ2n) is 25.2. The summed E-state index contributed by atoms with van der Waals surface area (Å²) in [7, 11) is 1.57. The number of hydrogen-bond donors (Lipinski definition) is 3. The van der Waals surface area contributed by atoms with Gasteiger partial charge in [0, 0.05) is 6.42 Å². The van der Waals surface area contributed by atoms with E-state index in [0.717, 1.165) is 77.0 Å². The van der Waals surface area contributed by atoms with Crippen LogP contribution in [0.3, 0.4) is 0 Å². The first kappa shape index (κ1) is 80.7. The standard InChI is InChI=1S/C74H137N2O6P/c1-6-8-10-12-14-16-18-20-22-24-26-28-30-32-34-36-38-40-42-44-46-48-50-52-54-56-58-60-62-64-66-68-74(78)75-72(71-82-83(79,80)81-70-69-76(3,4)5)73(77)67-65-63-61-59-57-55-53-51-49-47-45-43-41-39-37-35-33-31-29-27-25-23-21-19-17-15-13-11-9-7-2/h8,10,14,16,20,22,26,28,32,34,38,40,65,67,72-73,77H,6-7,9,11-13,15,17-19,21,23-25,27,29-31,33,35-37,39,41-64,66,68-71H2,1-5H3,(H-,75,78,79,80)/p+1/b10-8-,16-14-,22-20-,28-26-,34-32-,40-38-,67-65+. The molecular formula is C74H138N2O6P+. The Balaban J connectivity index is 4.09. The van der Waals surface area contributed by atoms with Crippen LogP contribution in [-0.4, -0.2) is 73.4 Å². The van der Waals surface area contributed by atoms with Gasteiger partial charge in [-0.05, 0) is 70.6 Å². The molecule has 3 N–H and O–H groups in total. The third-order valence-electron chi connectivity index (χ3n) is 15.9. The number of unbranched alkanes of at least 4 members (excludes halogenated alkanes) is 40. The largest absolute Gasteiger partial charge is 0.472 e. The van der Waals surface area contributed by atoms with Gasteiger partial charge in [0.2, 0.25) is 5.91 Å². The topological polar surface area (TPSA) is 105 Å². The fourth-order valence-corrected chi connectivity index (χ4v) is 11.1. The lowest BCUT2D eigenvalue weighted by Crippen LogP contribution is -2.45. The van der Waals surface area contributed by atoms with Gasteiger partial charge in [-0.1, -0.05) is 336 Å². The highest BCUT2D eigenvalue weighted by molar-refractivity contribution is 7.47. The van der Waals surface area contributed by atoms with E-state index in [4.69, 9.17) is 9.05 Å². The van der Waals surface area contributed by atoms with Crippen LogP contribution < -0.4 is 5.32 Å². The van der Waals surface area contributed by atoms with Crippen molar-refractivity contribution in [2.75, 3.05) is 40.9 Å². The van der Waals surface area contributed by atoms with E-state index in [-0.39, 0.29) is 19.1 Å². The molecule has 9 heteroatoms. The van der Waals surface area contributed by atoms with Crippen LogP contribution in [0, 0.1) is 0 Å². The molecule has 0 aromatic rings. The number of carbonyl (C=O) groups is 1. The summed E-state index contributed by atoms with van der Waals surface area (Å²) in [5.41, 5.74) is 0. The van der Waals surface area contributed by atoms with Crippen molar-refractivity contribution in [2.24, 2.45) is 0 Å². The van der Waals surface area contributed by atoms with Crippen molar-refractivity contribution in [3.05, 3.63) is 85.1 Å². The summed E-state index contributed by atoms with van der Waals surface area (Å²) in [5, 5.41) is 14.0. The Morgan fingerprint density at radius 1 is 0.422 bits per heavy atom. The molecule has 1 amide bonds. The van der Waals surface area contributed by atoms with E-state index in [1.165, 1.54) is 231 Å². The molecule has 0 aliphatic carbocycles. The molecule has 0 saturated carbocycles. The van der Waals surface area contributed by atoms with Crippen molar-refractivity contribution < 1.29 is 32.9 Å². The number of amides is 1. The number of hydrogen-bond acceptors (Lipinski definition) is 5. The minimum Gasteiger partial charge on any atom is -0.387 e. The van der Waals surface area contributed by atoms with Crippen LogP contribution in [0.1, 0.15) is 328 Å². The molecule has 0 fully saturated rings. The Labute approximate surface area is 516 Å². The Morgan fingerprint density at radius 2 is 0.723 bits per heavy atom. The predicted molar refractivity (Wildman–Crippen MR) is 364 cm³/mol. The maximum absolute atomic E-state index is 13.1. The Bertz CT molecular complexity index is 1630. The number of aliphatic hydroxyl groups is 1. The summed E-state index contributed by atoms with van der Waals surface area (Å²) in [5.74, 6) is -0.178. The van der Waals surface area contributed by atoms with Crippen molar-refractivity contribution in [3.63, 3.8) is 0 Å². The maximum Gasteiger partial charge on any atom is 0.472 e. The maximum atomic E-state index is 13.1. The number of phosphoric acid groups is 1. The fraction of sp³-hybridized carbons (Fsp3) is 0.797. The molecule has 3 unspecified atom stereocenters. The van der Waals surface area contributed by atoms with Gasteiger partial charge >= 0.3 is 7.82 Å². The fourth-order valence-electron chi connectivity index (χ4n) is 10.4. The van der Waals surface area contributed by atoms with E-state index in [9.17, 15) is 19.4 Å². The van der Waals surface area contributed by atoms with Gasteiger partial charge in [-0.15, -0.1) is 0 Å². The summed E-state index contributed by atoms with van der Waals surface area (Å²) in [4.78, 5) is 23.4. The average Bonchev–Trinajstić information content (AvgIpc) is 3.49. The summed E-state index contributed by atoms with van der Waals surface area (Å²) in [6.45, 7) is 4.74. The molecular weight excluding hydrogens is 1040 g/mol. The predicted octanol–water partition coefficient (Wildman–Crippen LogP) is 22.7. The number of rotatable bonds is 65. The van der Waals surface area contributed by atoms with Gasteiger partial charge in [-0.2, -0.15) is 0 Å². The van der Waals surface area contributed by atoms with Crippen LogP contribution in [0.4, 0.5) is 0 Å². The third-order valence-corrected chi connectivity index (χ3v) is 16.9. The average molecular weight is 1180 g/mol. The highest BCUT2D eigenvalue weighted by Gasteiger charge is 2.28. The summed E-state index contributed by atoms with van der Waals surface area (Å²) in [6.07, 6.45) is 91.6. The number of carbonyl (C=O) groups excluding carboxylic acids is 1. The van der Waals surface area contributed by atoms with E-state index < -0.39 is 20.0 Å². The molecule has 0 heterocycles. The van der Waals surface area contributed by atoms with Crippen LogP contribution in [0.5, 0.6) is 0 Å². The van der Waals surface area contributed by atoms with Crippen molar-refractivity contribution >= 4 is 13.7 Å². The molecule has 0 rings (SSSR count). The summed E-state index contributed by atoms with van der Waals surface area (Å²) >= 11 is 0. The van der Waals surface area contributed by atoms with Gasteiger partial charge in [-0.25, -0.2) is 4.57 Å². The van der Waals surface area contributed by atoms with E-state index in [1.54, 1.807) is 6.08 Å². The molecule has 484 valence electrons. The van der Waals surface area contributed by atoms with E-state index >= 15 is 0 Å². The lowest BCUT2D eigenvalue weighted by molar-refractivity contribution is -0.870. The molecule has 0 aromatic carbocycles. The van der Waals surface area contributed by atoms with Gasteiger partial charge in [-0.3, -0.25) is 13.8 Å². The van der Waals surface area contributed by atoms with Crippen molar-refractivity contribution in [1.29, 1.82) is 0 Å². The number of nitrogens with one attached hydrogen (secondary N) is 1. The summed E-state index contributed by atoms with van der Waals surface area (Å²) < 4.78 is 23.8. The first-order chi connectivity index (χ1) is 40.5. The van der Waals surface area contributed by atoms with Gasteiger partial charge in [0.1, 0.15) is 13.2 Å². The van der Waals surface area contributed by atoms with Crippen LogP contribution in [0.25, 0.3) is 0 Å². The number of quaternary nitrogens is 1. The Kier molecular flexibility index (Phi) is 62.4. The van der Waals surface area contributed by atoms with Crippen LogP contribution in [0.2, 0.25) is 0 Å². The van der Waals surface area contributed by atoms with E-state index in [2.05, 4.69) is 92.1 Å². The molecule has 0 aromatic heterocycles. The Morgan fingerprint density at radius 3 is 1.06 bits per heavy atom.